The summed E-state index contributed by atoms with van der Waals surface area (Å²) in [7, 11) is 0. The number of benzene rings is 2. The number of carbonyl (C=O) groups excluding carboxylic acids is 2. The van der Waals surface area contributed by atoms with Gasteiger partial charge in [0, 0.05) is 49.7 Å². The molecule has 0 radical (unpaired) electrons. The lowest BCUT2D eigenvalue weighted by Gasteiger charge is -2.42. The zero-order valence-electron chi connectivity index (χ0n) is 22.1. The van der Waals surface area contributed by atoms with Gasteiger partial charge in [0.05, 0.1) is 22.7 Å². The average Bonchev–Trinajstić information content (AvgIpc) is 2.97. The number of pyridine rings is 1. The molecule has 2 saturated heterocycles. The summed E-state index contributed by atoms with van der Waals surface area (Å²) in [6.45, 7) is 9.06. The molecule has 194 valence electrons. The summed E-state index contributed by atoms with van der Waals surface area (Å²) in [6.07, 6.45) is 3.96. The average molecular weight is 499 g/mol. The molecule has 2 aliphatic rings. The van der Waals surface area contributed by atoms with Crippen molar-refractivity contribution in [3.8, 4) is 11.3 Å². The van der Waals surface area contributed by atoms with Crippen molar-refractivity contribution < 1.29 is 9.59 Å². The third-order valence-corrected chi connectivity index (χ3v) is 8.16. The molecule has 1 atom stereocenters. The Bertz CT molecular complexity index is 1230. The van der Waals surface area contributed by atoms with Gasteiger partial charge >= 0.3 is 0 Å². The van der Waals surface area contributed by atoms with Crippen LogP contribution >= 0.6 is 0 Å². The number of para-hydroxylation sites is 1. The summed E-state index contributed by atoms with van der Waals surface area (Å²) in [5.74, 6) is 0.497. The Kier molecular flexibility index (Phi) is 7.85. The van der Waals surface area contributed by atoms with Gasteiger partial charge in [-0.05, 0) is 58.2 Å². The molecule has 0 bridgehead atoms. The fourth-order valence-corrected chi connectivity index (χ4v) is 6.05. The summed E-state index contributed by atoms with van der Waals surface area (Å²) < 4.78 is 0. The van der Waals surface area contributed by atoms with Crippen molar-refractivity contribution in [2.45, 2.75) is 45.6 Å². The molecular weight excluding hydrogens is 460 g/mol. The van der Waals surface area contributed by atoms with Crippen LogP contribution in [0, 0.1) is 5.92 Å². The normalized spacial score (nSPS) is 19.2. The summed E-state index contributed by atoms with van der Waals surface area (Å²) in [5, 5.41) is 0.906. The SMILES string of the molecule is CCN(CC)C(=O)C1CCCN(C2CCN(C(=O)c3cc(-c4ccccc4)nc4ccccc34)CC2)C1. The monoisotopic (exact) mass is 498 g/mol. The number of amides is 2. The molecule has 3 aromatic rings. The minimum Gasteiger partial charge on any atom is -0.343 e. The topological polar surface area (TPSA) is 56.8 Å². The van der Waals surface area contributed by atoms with Crippen molar-refractivity contribution in [3.05, 3.63) is 66.2 Å². The van der Waals surface area contributed by atoms with Gasteiger partial charge in [-0.3, -0.25) is 14.5 Å². The Hall–Kier alpha value is -3.25. The minimum atomic E-state index is 0.0856. The minimum absolute atomic E-state index is 0.0856. The molecule has 2 aromatic carbocycles. The van der Waals surface area contributed by atoms with Crippen LogP contribution in [0.25, 0.3) is 22.2 Å². The highest BCUT2D eigenvalue weighted by Gasteiger charge is 2.34. The number of piperidine rings is 2. The number of hydrogen-bond donors (Lipinski definition) is 0. The molecule has 37 heavy (non-hydrogen) atoms. The second-order valence-electron chi connectivity index (χ2n) is 10.3. The van der Waals surface area contributed by atoms with E-state index in [0.29, 0.717) is 11.9 Å². The van der Waals surface area contributed by atoms with E-state index in [4.69, 9.17) is 4.98 Å². The quantitative estimate of drug-likeness (QED) is 0.475. The van der Waals surface area contributed by atoms with Crippen LogP contribution in [0.3, 0.4) is 0 Å². The summed E-state index contributed by atoms with van der Waals surface area (Å²) in [4.78, 5) is 38.1. The van der Waals surface area contributed by atoms with Gasteiger partial charge in [0.15, 0.2) is 0 Å². The first-order chi connectivity index (χ1) is 18.1. The maximum atomic E-state index is 13.8. The van der Waals surface area contributed by atoms with Crippen LogP contribution in [-0.4, -0.2) is 76.8 Å². The first-order valence-corrected chi connectivity index (χ1v) is 13.9. The number of rotatable bonds is 6. The number of nitrogens with zero attached hydrogens (tertiary/aromatic N) is 4. The molecule has 0 aliphatic carbocycles. The summed E-state index contributed by atoms with van der Waals surface area (Å²) >= 11 is 0. The Morgan fingerprint density at radius 2 is 1.62 bits per heavy atom. The van der Waals surface area contributed by atoms with E-state index in [1.165, 1.54) is 0 Å². The molecule has 5 rings (SSSR count). The van der Waals surface area contributed by atoms with Gasteiger partial charge in [-0.2, -0.15) is 0 Å². The molecule has 2 fully saturated rings. The molecule has 2 aliphatic heterocycles. The zero-order valence-corrected chi connectivity index (χ0v) is 22.1. The molecule has 3 heterocycles. The standard InChI is InChI=1S/C31H38N4O2/c1-3-33(4-2)30(36)24-13-10-18-35(22-24)25-16-19-34(20-17-25)31(37)27-21-29(23-11-6-5-7-12-23)32-28-15-9-8-14-26(27)28/h5-9,11-12,14-15,21,24-25H,3-4,10,13,16-20,22H2,1-2H3. The lowest BCUT2D eigenvalue weighted by molar-refractivity contribution is -0.137. The number of hydrogen-bond acceptors (Lipinski definition) is 4. The lowest BCUT2D eigenvalue weighted by Crippen LogP contribution is -2.52. The highest BCUT2D eigenvalue weighted by atomic mass is 16.2. The maximum Gasteiger partial charge on any atom is 0.254 e. The smallest absolute Gasteiger partial charge is 0.254 e. The first-order valence-electron chi connectivity index (χ1n) is 13.9. The predicted molar refractivity (Wildman–Crippen MR) is 148 cm³/mol. The van der Waals surface area contributed by atoms with E-state index in [-0.39, 0.29) is 11.8 Å². The number of carbonyl (C=O) groups is 2. The molecule has 1 aromatic heterocycles. The highest BCUT2D eigenvalue weighted by molar-refractivity contribution is 6.07. The molecule has 0 saturated carbocycles. The number of fused-ring (bicyclic) bond motifs is 1. The van der Waals surface area contributed by atoms with E-state index in [1.54, 1.807) is 0 Å². The van der Waals surface area contributed by atoms with Crippen molar-refractivity contribution in [2.24, 2.45) is 5.92 Å². The van der Waals surface area contributed by atoms with Crippen LogP contribution in [0.5, 0.6) is 0 Å². The third kappa shape index (κ3) is 5.40. The zero-order chi connectivity index (χ0) is 25.8. The van der Waals surface area contributed by atoms with Gasteiger partial charge in [-0.25, -0.2) is 4.98 Å². The Labute approximate surface area is 220 Å². The Morgan fingerprint density at radius 3 is 2.35 bits per heavy atom. The van der Waals surface area contributed by atoms with Crippen LogP contribution in [0.15, 0.2) is 60.7 Å². The van der Waals surface area contributed by atoms with E-state index in [2.05, 4.69) is 18.7 Å². The number of aromatic nitrogens is 1. The van der Waals surface area contributed by atoms with Crippen molar-refractivity contribution in [1.29, 1.82) is 0 Å². The molecule has 6 nitrogen and oxygen atoms in total. The molecule has 6 heteroatoms. The largest absolute Gasteiger partial charge is 0.343 e. The first kappa shape index (κ1) is 25.4. The molecule has 1 unspecified atom stereocenters. The molecular formula is C31H38N4O2. The van der Waals surface area contributed by atoms with Gasteiger partial charge in [0.25, 0.3) is 5.91 Å². The van der Waals surface area contributed by atoms with Crippen LogP contribution in [-0.2, 0) is 4.79 Å². The van der Waals surface area contributed by atoms with Crippen LogP contribution in [0.1, 0.15) is 49.9 Å². The summed E-state index contributed by atoms with van der Waals surface area (Å²) in [6, 6.07) is 20.4. The van der Waals surface area contributed by atoms with Gasteiger partial charge in [0.2, 0.25) is 5.91 Å². The fourth-order valence-electron chi connectivity index (χ4n) is 6.05. The van der Waals surface area contributed by atoms with Crippen LogP contribution in [0.2, 0.25) is 0 Å². The van der Waals surface area contributed by atoms with Gasteiger partial charge < -0.3 is 9.80 Å². The number of likely N-dealkylation sites (tertiary alicyclic amines) is 2. The maximum absolute atomic E-state index is 13.8. The lowest BCUT2D eigenvalue weighted by atomic mass is 9.92. The van der Waals surface area contributed by atoms with Crippen molar-refractivity contribution in [2.75, 3.05) is 39.3 Å². The van der Waals surface area contributed by atoms with Gasteiger partial charge in [-0.15, -0.1) is 0 Å². The fraction of sp³-hybridized carbons (Fsp3) is 0.452. The van der Waals surface area contributed by atoms with Crippen LogP contribution in [0.4, 0.5) is 0 Å². The molecule has 0 spiro atoms. The van der Waals surface area contributed by atoms with Gasteiger partial charge in [-0.1, -0.05) is 48.5 Å². The second kappa shape index (κ2) is 11.4. The van der Waals surface area contributed by atoms with Gasteiger partial charge in [0.1, 0.15) is 0 Å². The van der Waals surface area contributed by atoms with E-state index < -0.39 is 0 Å². The third-order valence-electron chi connectivity index (χ3n) is 8.16. The second-order valence-corrected chi connectivity index (χ2v) is 10.3. The van der Waals surface area contributed by atoms with Crippen molar-refractivity contribution in [3.63, 3.8) is 0 Å². The Morgan fingerprint density at radius 1 is 0.919 bits per heavy atom. The highest BCUT2D eigenvalue weighted by Crippen LogP contribution is 2.29. The van der Waals surface area contributed by atoms with Crippen LogP contribution < -0.4 is 0 Å². The van der Waals surface area contributed by atoms with E-state index in [9.17, 15) is 9.59 Å². The van der Waals surface area contributed by atoms with Crippen molar-refractivity contribution in [1.82, 2.24) is 19.7 Å². The van der Waals surface area contributed by atoms with E-state index >= 15 is 0 Å². The molecule has 0 N–H and O–H groups in total. The molecule has 2 amide bonds. The van der Waals surface area contributed by atoms with E-state index in [0.717, 1.165) is 92.7 Å². The Balaban J connectivity index is 1.29. The summed E-state index contributed by atoms with van der Waals surface area (Å²) in [5.41, 5.74) is 3.42. The van der Waals surface area contributed by atoms with E-state index in [1.807, 2.05) is 70.5 Å². The predicted octanol–water partition coefficient (Wildman–Crippen LogP) is 5.09. The van der Waals surface area contributed by atoms with Crippen molar-refractivity contribution >= 4 is 22.7 Å².